The molecule has 2 aromatic heterocycles. The van der Waals surface area contributed by atoms with Crippen LogP contribution < -0.4 is 11.2 Å². The minimum atomic E-state index is -1.00. The first-order valence-electron chi connectivity index (χ1n) is 19.8. The van der Waals surface area contributed by atoms with Crippen LogP contribution in [0.5, 0.6) is 0 Å². The number of fused-ring (bicyclic) bond motifs is 1. The number of H-pyrrole nitrogens is 1. The van der Waals surface area contributed by atoms with Gasteiger partial charge in [-0.2, -0.15) is 0 Å². The number of hydrogen-bond acceptors (Lipinski definition) is 11. The van der Waals surface area contributed by atoms with Crippen molar-refractivity contribution in [2.45, 2.75) is 77.3 Å². The molecule has 1 aromatic carbocycles. The molecule has 2 fully saturated rings. The lowest BCUT2D eigenvalue weighted by Gasteiger charge is -2.24. The molecule has 0 atom stereocenters. The molecular formula is C40H60N4O11. The van der Waals surface area contributed by atoms with Crippen molar-refractivity contribution < 1.29 is 43.8 Å². The van der Waals surface area contributed by atoms with Gasteiger partial charge in [0, 0.05) is 24.7 Å². The molecule has 0 bridgehead atoms. The fourth-order valence-electron chi connectivity index (χ4n) is 6.92. The highest BCUT2D eigenvalue weighted by Gasteiger charge is 2.24. The summed E-state index contributed by atoms with van der Waals surface area (Å²) < 4.78 is 29.0. The average Bonchev–Trinajstić information content (AvgIpc) is 3.66. The fraction of sp³-hybridized carbons (Fsp3) is 0.650. The van der Waals surface area contributed by atoms with E-state index in [1.54, 1.807) is 16.7 Å². The third-order valence-electron chi connectivity index (χ3n) is 9.75. The van der Waals surface area contributed by atoms with Gasteiger partial charge in [-0.1, -0.05) is 62.8 Å². The van der Waals surface area contributed by atoms with E-state index in [9.17, 15) is 14.4 Å². The van der Waals surface area contributed by atoms with Crippen molar-refractivity contribution in [3.05, 3.63) is 56.7 Å². The maximum Gasteiger partial charge on any atom is 0.332 e. The Balaban J connectivity index is 0.000000302. The van der Waals surface area contributed by atoms with Crippen LogP contribution in [0.4, 0.5) is 0 Å². The lowest BCUT2D eigenvalue weighted by molar-refractivity contribution is -0.131. The highest BCUT2D eigenvalue weighted by atomic mass is 16.6. The summed E-state index contributed by atoms with van der Waals surface area (Å²) in [5.41, 5.74) is 1.80. The maximum atomic E-state index is 13.7. The van der Waals surface area contributed by atoms with E-state index in [1.165, 1.54) is 36.3 Å². The summed E-state index contributed by atoms with van der Waals surface area (Å²) in [5, 5.41) is 25.8. The summed E-state index contributed by atoms with van der Waals surface area (Å²) in [6.07, 6.45) is 14.1. The van der Waals surface area contributed by atoms with E-state index in [2.05, 4.69) is 4.98 Å². The SMILES string of the molecule is O=C(O)C=Cc1ccc(-c2nc3c([nH]2)c(=O)n(CC2CCCCC2)c(=O)n3CC2CCCCC2)cc1.OCCOCCOCCOCCOCCOCCO. The minimum Gasteiger partial charge on any atom is -0.478 e. The zero-order chi connectivity index (χ0) is 39.1. The molecule has 15 nitrogen and oxygen atoms in total. The number of ether oxygens (including phenoxy) is 5. The Labute approximate surface area is 322 Å². The van der Waals surface area contributed by atoms with Crippen LogP contribution in [-0.4, -0.2) is 120 Å². The molecule has 2 aliphatic rings. The molecule has 0 radical (unpaired) electrons. The zero-order valence-electron chi connectivity index (χ0n) is 32.0. The third kappa shape index (κ3) is 15.4. The standard InChI is InChI=1S/C28H34N4O4.C12H26O7/c33-23(34)16-13-19-11-14-22(15-12-19)25-29-24-26(30-25)31(17-20-7-3-1-4-8-20)28(36)32(27(24)35)18-21-9-5-2-6-10-21;13-1-3-15-5-7-17-9-11-19-12-10-18-8-6-16-4-2-14/h11-16,20-21H,1-10,17-18H2,(H,29,30)(H,33,34);13-14H,1-12H2. The van der Waals surface area contributed by atoms with Crippen molar-refractivity contribution >= 4 is 23.2 Å². The van der Waals surface area contributed by atoms with Gasteiger partial charge in [-0.3, -0.25) is 13.9 Å². The van der Waals surface area contributed by atoms with Gasteiger partial charge in [0.1, 0.15) is 11.3 Å². The molecule has 2 heterocycles. The van der Waals surface area contributed by atoms with Crippen LogP contribution >= 0.6 is 0 Å². The van der Waals surface area contributed by atoms with Crippen molar-refractivity contribution in [1.82, 2.24) is 19.1 Å². The van der Waals surface area contributed by atoms with Crippen molar-refractivity contribution in [2.75, 3.05) is 79.3 Å². The molecular weight excluding hydrogens is 712 g/mol. The summed E-state index contributed by atoms with van der Waals surface area (Å²) in [4.78, 5) is 46.0. The number of aliphatic hydroxyl groups excluding tert-OH is 2. The molecule has 306 valence electrons. The van der Waals surface area contributed by atoms with E-state index >= 15 is 0 Å². The molecule has 0 amide bonds. The Bertz CT molecular complexity index is 1660. The van der Waals surface area contributed by atoms with Gasteiger partial charge in [0.15, 0.2) is 5.65 Å². The summed E-state index contributed by atoms with van der Waals surface area (Å²) in [6, 6.07) is 7.28. The van der Waals surface area contributed by atoms with Gasteiger partial charge in [0.05, 0.1) is 79.3 Å². The van der Waals surface area contributed by atoms with Crippen molar-refractivity contribution in [1.29, 1.82) is 0 Å². The van der Waals surface area contributed by atoms with Crippen LogP contribution in [0, 0.1) is 11.8 Å². The largest absolute Gasteiger partial charge is 0.478 e. The average molecular weight is 773 g/mol. The predicted molar refractivity (Wildman–Crippen MR) is 208 cm³/mol. The number of aromatic amines is 1. The van der Waals surface area contributed by atoms with Crippen molar-refractivity contribution in [3.63, 3.8) is 0 Å². The van der Waals surface area contributed by atoms with E-state index in [0.29, 0.717) is 108 Å². The van der Waals surface area contributed by atoms with Crippen LogP contribution in [0.2, 0.25) is 0 Å². The Kier molecular flexibility index (Phi) is 20.4. The van der Waals surface area contributed by atoms with Crippen LogP contribution in [-0.2, 0) is 41.6 Å². The number of nitrogens with zero attached hydrogens (tertiary/aromatic N) is 3. The number of carboxylic acid groups (broad SMARTS) is 1. The third-order valence-corrected chi connectivity index (χ3v) is 9.75. The minimum absolute atomic E-state index is 0.0359. The van der Waals surface area contributed by atoms with E-state index < -0.39 is 5.97 Å². The molecule has 15 heteroatoms. The van der Waals surface area contributed by atoms with Gasteiger partial charge < -0.3 is 44.0 Å². The number of carbonyl (C=O) groups is 1. The predicted octanol–water partition coefficient (Wildman–Crippen LogP) is 3.87. The van der Waals surface area contributed by atoms with Gasteiger partial charge in [-0.05, 0) is 49.2 Å². The summed E-state index contributed by atoms with van der Waals surface area (Å²) in [7, 11) is 0. The second-order valence-corrected chi connectivity index (χ2v) is 13.9. The molecule has 0 saturated heterocycles. The lowest BCUT2D eigenvalue weighted by atomic mass is 9.89. The summed E-state index contributed by atoms with van der Waals surface area (Å²) in [6.45, 7) is 5.86. The summed E-state index contributed by atoms with van der Waals surface area (Å²) in [5.74, 6) is 0.305. The number of aliphatic hydroxyl groups is 2. The molecule has 55 heavy (non-hydrogen) atoms. The zero-order valence-corrected chi connectivity index (χ0v) is 32.0. The van der Waals surface area contributed by atoms with E-state index in [0.717, 1.165) is 55.7 Å². The van der Waals surface area contributed by atoms with Crippen molar-refractivity contribution in [2.24, 2.45) is 11.8 Å². The van der Waals surface area contributed by atoms with Gasteiger partial charge in [-0.25, -0.2) is 14.6 Å². The lowest BCUT2D eigenvalue weighted by Crippen LogP contribution is -2.42. The van der Waals surface area contributed by atoms with E-state index in [4.69, 9.17) is 44.0 Å². The Morgan fingerprint density at radius 3 is 1.60 bits per heavy atom. The molecule has 2 saturated carbocycles. The van der Waals surface area contributed by atoms with Gasteiger partial charge in [0.2, 0.25) is 0 Å². The monoisotopic (exact) mass is 772 g/mol. The van der Waals surface area contributed by atoms with Gasteiger partial charge in [-0.15, -0.1) is 0 Å². The van der Waals surface area contributed by atoms with E-state index in [1.807, 2.05) is 12.1 Å². The molecule has 0 unspecified atom stereocenters. The van der Waals surface area contributed by atoms with Gasteiger partial charge in [0.25, 0.3) is 5.56 Å². The topological polar surface area (TPSA) is 197 Å². The molecule has 0 aliphatic heterocycles. The number of imidazole rings is 1. The first kappa shape index (κ1) is 44.0. The second-order valence-electron chi connectivity index (χ2n) is 13.9. The second kappa shape index (κ2) is 25.5. The normalized spacial score (nSPS) is 15.5. The quantitative estimate of drug-likeness (QED) is 0.0804. The molecule has 2 aliphatic carbocycles. The number of hydrogen-bond donors (Lipinski definition) is 4. The van der Waals surface area contributed by atoms with Crippen LogP contribution in [0.15, 0.2) is 39.9 Å². The Morgan fingerprint density at radius 2 is 1.15 bits per heavy atom. The highest BCUT2D eigenvalue weighted by Crippen LogP contribution is 2.27. The fourth-order valence-corrected chi connectivity index (χ4v) is 6.92. The first-order valence-corrected chi connectivity index (χ1v) is 19.8. The van der Waals surface area contributed by atoms with Gasteiger partial charge >= 0.3 is 11.7 Å². The number of benzene rings is 1. The molecule has 0 spiro atoms. The van der Waals surface area contributed by atoms with Crippen LogP contribution in [0.1, 0.15) is 69.8 Å². The number of rotatable bonds is 23. The number of nitrogens with one attached hydrogen (secondary N) is 1. The van der Waals surface area contributed by atoms with E-state index in [-0.39, 0.29) is 24.5 Å². The smallest absolute Gasteiger partial charge is 0.332 e. The summed E-state index contributed by atoms with van der Waals surface area (Å²) >= 11 is 0. The Hall–Kier alpha value is -3.70. The van der Waals surface area contributed by atoms with Crippen LogP contribution in [0.25, 0.3) is 28.6 Å². The highest BCUT2D eigenvalue weighted by molar-refractivity contribution is 5.85. The number of carboxylic acids is 1. The maximum absolute atomic E-state index is 13.7. The molecule has 5 rings (SSSR count). The molecule has 4 N–H and O–H groups in total. The Morgan fingerprint density at radius 1 is 0.691 bits per heavy atom. The number of aliphatic carboxylic acids is 1. The van der Waals surface area contributed by atoms with Crippen molar-refractivity contribution in [3.8, 4) is 11.4 Å². The number of aromatic nitrogens is 4. The first-order chi connectivity index (χ1) is 26.9. The van der Waals surface area contributed by atoms with Crippen LogP contribution in [0.3, 0.4) is 0 Å². The molecule has 3 aromatic rings.